The number of nitrogen functional groups attached to an aromatic ring is 1. The van der Waals surface area contributed by atoms with Crippen LogP contribution in [-0.2, 0) is 4.74 Å². The monoisotopic (exact) mass is 419 g/mol. The van der Waals surface area contributed by atoms with Gasteiger partial charge in [-0.3, -0.25) is 5.10 Å². The van der Waals surface area contributed by atoms with Crippen LogP contribution in [0, 0.1) is 6.92 Å². The lowest BCUT2D eigenvalue weighted by Crippen LogP contribution is -2.57. The number of piperidine rings is 1. The van der Waals surface area contributed by atoms with E-state index in [2.05, 4.69) is 48.2 Å². The summed E-state index contributed by atoms with van der Waals surface area (Å²) in [5.74, 6) is 1.04. The summed E-state index contributed by atoms with van der Waals surface area (Å²) in [6.07, 6.45) is 3.46. The van der Waals surface area contributed by atoms with Crippen molar-refractivity contribution in [3.8, 4) is 0 Å². The molecule has 2 aliphatic rings. The van der Waals surface area contributed by atoms with E-state index in [1.807, 2.05) is 13.0 Å². The van der Waals surface area contributed by atoms with E-state index < -0.39 is 0 Å². The normalized spacial score (nSPS) is 19.0. The van der Waals surface area contributed by atoms with Gasteiger partial charge in [0.1, 0.15) is 5.52 Å². The molecule has 0 unspecified atom stereocenters. The first-order chi connectivity index (χ1) is 15.1. The molecule has 3 aromatic heterocycles. The lowest BCUT2D eigenvalue weighted by molar-refractivity contribution is -0.0704. The molecule has 5 heterocycles. The summed E-state index contributed by atoms with van der Waals surface area (Å²) in [5, 5.41) is 8.68. The third kappa shape index (κ3) is 3.07. The van der Waals surface area contributed by atoms with Crippen LogP contribution in [0.3, 0.4) is 0 Å². The van der Waals surface area contributed by atoms with Gasteiger partial charge in [0.05, 0.1) is 24.0 Å². The van der Waals surface area contributed by atoms with Crippen LogP contribution in [0.5, 0.6) is 0 Å². The van der Waals surface area contributed by atoms with Gasteiger partial charge in [-0.2, -0.15) is 10.1 Å². The van der Waals surface area contributed by atoms with E-state index in [1.165, 1.54) is 11.1 Å². The summed E-state index contributed by atoms with van der Waals surface area (Å²) >= 11 is 0. The molecular formula is C22H25N7O2. The van der Waals surface area contributed by atoms with E-state index >= 15 is 0 Å². The fourth-order valence-electron chi connectivity index (χ4n) is 4.90. The number of anilines is 3. The quantitative estimate of drug-likeness (QED) is 0.510. The molecule has 2 saturated heterocycles. The van der Waals surface area contributed by atoms with E-state index in [0.717, 1.165) is 68.2 Å². The Balaban J connectivity index is 1.21. The van der Waals surface area contributed by atoms with Crippen LogP contribution in [0.4, 0.5) is 17.5 Å². The number of morpholine rings is 1. The van der Waals surface area contributed by atoms with Crippen LogP contribution in [0.15, 0.2) is 34.9 Å². The van der Waals surface area contributed by atoms with E-state index in [4.69, 9.17) is 14.9 Å². The second-order valence-electron chi connectivity index (χ2n) is 8.53. The number of furan rings is 1. The maximum Gasteiger partial charge on any atom is 0.222 e. The highest BCUT2D eigenvalue weighted by molar-refractivity contribution is 5.85. The van der Waals surface area contributed by atoms with Gasteiger partial charge in [-0.25, -0.2) is 4.98 Å². The Hall–Kier alpha value is -3.33. The smallest absolute Gasteiger partial charge is 0.222 e. The fraction of sp³-hybridized carbons (Fsp3) is 0.409. The first kappa shape index (κ1) is 18.4. The molecule has 9 heteroatoms. The first-order valence-corrected chi connectivity index (χ1v) is 10.7. The largest absolute Gasteiger partial charge is 0.459 e. The summed E-state index contributed by atoms with van der Waals surface area (Å²) in [6, 6.07) is 8.34. The highest BCUT2D eigenvalue weighted by atomic mass is 16.5. The zero-order chi connectivity index (χ0) is 21.0. The number of hydrogen-bond acceptors (Lipinski definition) is 8. The van der Waals surface area contributed by atoms with Gasteiger partial charge < -0.3 is 24.7 Å². The van der Waals surface area contributed by atoms with Crippen molar-refractivity contribution in [2.45, 2.75) is 25.4 Å². The van der Waals surface area contributed by atoms with Gasteiger partial charge in [0.25, 0.3) is 0 Å². The molecule has 0 amide bonds. The zero-order valence-electron chi connectivity index (χ0n) is 17.5. The Kier molecular flexibility index (Phi) is 4.07. The molecule has 9 nitrogen and oxygen atoms in total. The van der Waals surface area contributed by atoms with Crippen molar-refractivity contribution >= 4 is 39.5 Å². The van der Waals surface area contributed by atoms with Crippen LogP contribution in [-0.4, -0.2) is 58.6 Å². The number of nitrogens with one attached hydrogen (secondary N) is 1. The molecule has 4 aromatic rings. The van der Waals surface area contributed by atoms with Crippen LogP contribution < -0.4 is 15.5 Å². The Morgan fingerprint density at radius 2 is 1.94 bits per heavy atom. The molecule has 2 fully saturated rings. The van der Waals surface area contributed by atoms with Crippen molar-refractivity contribution in [2.24, 2.45) is 0 Å². The second kappa shape index (κ2) is 6.84. The minimum atomic E-state index is -0.161. The fourth-order valence-corrected chi connectivity index (χ4v) is 4.90. The van der Waals surface area contributed by atoms with Gasteiger partial charge in [0.15, 0.2) is 11.4 Å². The molecule has 2 aliphatic heterocycles. The number of aromatic nitrogens is 4. The number of benzene rings is 1. The lowest BCUT2D eigenvalue weighted by atomic mass is 9.89. The van der Waals surface area contributed by atoms with Crippen molar-refractivity contribution in [1.82, 2.24) is 20.2 Å². The van der Waals surface area contributed by atoms with Crippen molar-refractivity contribution in [1.29, 1.82) is 0 Å². The van der Waals surface area contributed by atoms with Gasteiger partial charge in [-0.1, -0.05) is 0 Å². The van der Waals surface area contributed by atoms with Crippen LogP contribution in [0.2, 0.25) is 0 Å². The van der Waals surface area contributed by atoms with Gasteiger partial charge in [-0.05, 0) is 38.0 Å². The molecule has 1 aromatic carbocycles. The van der Waals surface area contributed by atoms with Gasteiger partial charge in [0, 0.05) is 49.0 Å². The molecular weight excluding hydrogens is 394 g/mol. The topological polar surface area (TPSA) is 109 Å². The number of nitrogens with zero attached hydrogens (tertiary/aromatic N) is 5. The zero-order valence-corrected chi connectivity index (χ0v) is 17.5. The predicted molar refractivity (Wildman–Crippen MR) is 119 cm³/mol. The second-order valence-corrected chi connectivity index (χ2v) is 8.53. The average molecular weight is 419 g/mol. The molecule has 0 bridgehead atoms. The number of rotatable bonds is 2. The molecule has 31 heavy (non-hydrogen) atoms. The van der Waals surface area contributed by atoms with Gasteiger partial charge in [0.2, 0.25) is 5.95 Å². The van der Waals surface area contributed by atoms with E-state index in [-0.39, 0.29) is 11.5 Å². The summed E-state index contributed by atoms with van der Waals surface area (Å²) in [6.45, 7) is 6.19. The number of nitrogens with two attached hydrogens (primary N) is 1. The van der Waals surface area contributed by atoms with Crippen molar-refractivity contribution < 1.29 is 9.15 Å². The van der Waals surface area contributed by atoms with Crippen LogP contribution in [0.25, 0.3) is 22.0 Å². The van der Waals surface area contributed by atoms with Crippen LogP contribution >= 0.6 is 0 Å². The van der Waals surface area contributed by atoms with Gasteiger partial charge in [-0.15, -0.1) is 0 Å². The highest BCUT2D eigenvalue weighted by Crippen LogP contribution is 2.36. The maximum absolute atomic E-state index is 6.36. The number of fused-ring (bicyclic) bond motifs is 2. The molecule has 0 atom stereocenters. The number of aryl methyl sites for hydroxylation is 1. The Bertz CT molecular complexity index is 1260. The molecule has 160 valence electrons. The summed E-state index contributed by atoms with van der Waals surface area (Å²) in [4.78, 5) is 13.4. The molecule has 0 aliphatic carbocycles. The van der Waals surface area contributed by atoms with Crippen LogP contribution in [0.1, 0.15) is 18.5 Å². The van der Waals surface area contributed by atoms with E-state index in [1.54, 1.807) is 6.26 Å². The third-order valence-corrected chi connectivity index (χ3v) is 6.62. The average Bonchev–Trinajstić information content (AvgIpc) is 3.40. The number of hydrogen-bond donors (Lipinski definition) is 2. The lowest BCUT2D eigenvalue weighted by Gasteiger charge is -2.48. The molecule has 0 saturated carbocycles. The minimum Gasteiger partial charge on any atom is -0.459 e. The number of aromatic amines is 1. The van der Waals surface area contributed by atoms with Crippen molar-refractivity contribution in [2.75, 3.05) is 48.3 Å². The standard InChI is InChI=1S/C22H25N7O2/c1-14-16-3-2-15(12-18(16)27-26-14)29-9-11-31-22(13-29)5-7-28(8-6-22)20-19-17(4-10-30-19)24-21(23)25-20/h2-4,10,12H,5-9,11,13H2,1H3,(H,26,27)(H2,23,24,25). The third-order valence-electron chi connectivity index (χ3n) is 6.62. The minimum absolute atomic E-state index is 0.161. The van der Waals surface area contributed by atoms with E-state index in [9.17, 15) is 0 Å². The number of H-pyrrole nitrogens is 1. The SMILES string of the molecule is Cc1[nH]nc2cc(N3CCOC4(CCN(c5nc(N)nc6ccoc56)CC4)C3)ccc12. The molecule has 6 rings (SSSR count). The van der Waals surface area contributed by atoms with Crippen molar-refractivity contribution in [3.63, 3.8) is 0 Å². The Morgan fingerprint density at radius 1 is 1.06 bits per heavy atom. The Morgan fingerprint density at radius 3 is 2.81 bits per heavy atom. The molecule has 0 radical (unpaired) electrons. The number of ether oxygens (including phenoxy) is 1. The van der Waals surface area contributed by atoms with Crippen molar-refractivity contribution in [3.05, 3.63) is 36.2 Å². The van der Waals surface area contributed by atoms with Gasteiger partial charge >= 0.3 is 0 Å². The maximum atomic E-state index is 6.36. The predicted octanol–water partition coefficient (Wildman–Crippen LogP) is 2.87. The summed E-state index contributed by atoms with van der Waals surface area (Å²) < 4.78 is 12.0. The summed E-state index contributed by atoms with van der Waals surface area (Å²) in [5.41, 5.74) is 10.5. The molecule has 3 N–H and O–H groups in total. The van der Waals surface area contributed by atoms with E-state index in [0.29, 0.717) is 5.58 Å². The first-order valence-electron chi connectivity index (χ1n) is 10.7. The Labute approximate surface area is 179 Å². The molecule has 1 spiro atoms. The highest BCUT2D eigenvalue weighted by Gasteiger charge is 2.40. The summed E-state index contributed by atoms with van der Waals surface area (Å²) in [7, 11) is 0.